The minimum absolute atomic E-state index is 0.294. The summed E-state index contributed by atoms with van der Waals surface area (Å²) in [5.41, 5.74) is 2.41. The molecule has 0 aliphatic heterocycles. The van der Waals surface area contributed by atoms with E-state index in [2.05, 4.69) is 10.3 Å². The second-order valence-electron chi connectivity index (χ2n) is 3.95. The molecule has 1 aromatic heterocycles. The van der Waals surface area contributed by atoms with Crippen molar-refractivity contribution in [1.82, 2.24) is 4.98 Å². The maximum Gasteiger partial charge on any atom is 0.146 e. The van der Waals surface area contributed by atoms with Gasteiger partial charge in [0.05, 0.1) is 12.8 Å². The zero-order chi connectivity index (χ0) is 13.0. The zero-order valence-corrected chi connectivity index (χ0v) is 10.4. The van der Waals surface area contributed by atoms with Crippen molar-refractivity contribution >= 4 is 5.69 Å². The molecule has 0 aliphatic rings. The fraction of sp³-hybridized carbons (Fsp3) is 0.214. The minimum Gasteiger partial charge on any atom is -0.497 e. The van der Waals surface area contributed by atoms with E-state index in [1.54, 1.807) is 25.4 Å². The Morgan fingerprint density at radius 3 is 2.89 bits per heavy atom. The fourth-order valence-corrected chi connectivity index (χ4v) is 1.66. The summed E-state index contributed by atoms with van der Waals surface area (Å²) in [5.74, 6) is 0.333. The molecule has 1 N–H and O–H groups in total. The van der Waals surface area contributed by atoms with Crippen molar-refractivity contribution in [2.45, 2.75) is 13.5 Å². The number of ether oxygens (including phenoxy) is 1. The van der Waals surface area contributed by atoms with Crippen molar-refractivity contribution in [3.8, 4) is 5.75 Å². The average molecular weight is 246 g/mol. The molecule has 1 aromatic carbocycles. The van der Waals surface area contributed by atoms with Gasteiger partial charge in [-0.25, -0.2) is 4.39 Å². The predicted molar refractivity (Wildman–Crippen MR) is 69.3 cm³/mol. The van der Waals surface area contributed by atoms with E-state index in [9.17, 15) is 4.39 Å². The molecule has 2 rings (SSSR count). The van der Waals surface area contributed by atoms with Crippen LogP contribution in [0.15, 0.2) is 36.5 Å². The molecule has 0 radical (unpaired) electrons. The number of aryl methyl sites for hydroxylation is 1. The van der Waals surface area contributed by atoms with Crippen molar-refractivity contribution in [3.63, 3.8) is 0 Å². The average Bonchev–Trinajstić information content (AvgIpc) is 2.39. The van der Waals surface area contributed by atoms with Crippen LogP contribution in [0.4, 0.5) is 10.1 Å². The largest absolute Gasteiger partial charge is 0.497 e. The van der Waals surface area contributed by atoms with Gasteiger partial charge in [0.15, 0.2) is 0 Å². The Labute approximate surface area is 106 Å². The third kappa shape index (κ3) is 2.77. The summed E-state index contributed by atoms with van der Waals surface area (Å²) in [4.78, 5) is 4.19. The summed E-state index contributed by atoms with van der Waals surface area (Å²) in [6.07, 6.45) is 1.74. The van der Waals surface area contributed by atoms with Crippen LogP contribution >= 0.6 is 0 Å². The second-order valence-corrected chi connectivity index (χ2v) is 3.95. The molecule has 0 spiro atoms. The molecule has 0 unspecified atom stereocenters. The lowest BCUT2D eigenvalue weighted by molar-refractivity contribution is 0.414. The molecule has 2 aromatic rings. The number of nitrogens with zero attached hydrogens (tertiary/aromatic N) is 1. The van der Waals surface area contributed by atoms with Gasteiger partial charge < -0.3 is 10.1 Å². The molecule has 0 amide bonds. The summed E-state index contributed by atoms with van der Waals surface area (Å²) in [5, 5.41) is 3.05. The number of hydrogen-bond donors (Lipinski definition) is 1. The number of hydrogen-bond acceptors (Lipinski definition) is 3. The lowest BCUT2D eigenvalue weighted by Gasteiger charge is -2.10. The zero-order valence-electron chi connectivity index (χ0n) is 10.4. The molecule has 1 heterocycles. The van der Waals surface area contributed by atoms with E-state index in [-0.39, 0.29) is 5.82 Å². The van der Waals surface area contributed by atoms with Crippen molar-refractivity contribution in [2.75, 3.05) is 12.4 Å². The number of halogens is 1. The van der Waals surface area contributed by atoms with E-state index in [1.165, 1.54) is 6.07 Å². The normalized spacial score (nSPS) is 10.2. The standard InChI is InChI=1S/C14H15FN2O/c1-10-11(4-3-7-16-10)9-17-14-8-12(18-2)5-6-13(14)15/h3-8,17H,9H2,1-2H3. The highest BCUT2D eigenvalue weighted by Gasteiger charge is 2.04. The van der Waals surface area contributed by atoms with Crippen LogP contribution in [0.1, 0.15) is 11.3 Å². The van der Waals surface area contributed by atoms with Gasteiger partial charge in [-0.05, 0) is 30.7 Å². The Morgan fingerprint density at radius 2 is 2.17 bits per heavy atom. The summed E-state index contributed by atoms with van der Waals surface area (Å²) in [6, 6.07) is 8.45. The summed E-state index contributed by atoms with van der Waals surface area (Å²) in [6.45, 7) is 2.46. The maximum absolute atomic E-state index is 13.6. The van der Waals surface area contributed by atoms with E-state index < -0.39 is 0 Å². The van der Waals surface area contributed by atoms with Gasteiger partial charge in [-0.3, -0.25) is 4.98 Å². The first-order chi connectivity index (χ1) is 8.70. The monoisotopic (exact) mass is 246 g/mol. The SMILES string of the molecule is COc1ccc(F)c(NCc2cccnc2C)c1. The van der Waals surface area contributed by atoms with Crippen LogP contribution in [0.2, 0.25) is 0 Å². The van der Waals surface area contributed by atoms with Crippen LogP contribution in [0, 0.1) is 12.7 Å². The molecule has 0 saturated carbocycles. The van der Waals surface area contributed by atoms with Gasteiger partial charge in [-0.1, -0.05) is 6.07 Å². The van der Waals surface area contributed by atoms with Crippen molar-refractivity contribution < 1.29 is 9.13 Å². The number of methoxy groups -OCH3 is 1. The van der Waals surface area contributed by atoms with Crippen LogP contribution in [-0.4, -0.2) is 12.1 Å². The van der Waals surface area contributed by atoms with Gasteiger partial charge in [0, 0.05) is 24.5 Å². The number of anilines is 1. The number of nitrogens with one attached hydrogen (secondary N) is 1. The Hall–Kier alpha value is -2.10. The topological polar surface area (TPSA) is 34.1 Å². The highest BCUT2D eigenvalue weighted by Crippen LogP contribution is 2.21. The Kier molecular flexibility index (Phi) is 3.77. The third-order valence-electron chi connectivity index (χ3n) is 2.76. The predicted octanol–water partition coefficient (Wildman–Crippen LogP) is 3.15. The van der Waals surface area contributed by atoms with E-state index in [1.807, 2.05) is 19.1 Å². The molecular formula is C14H15FN2O. The Bertz CT molecular complexity index is 543. The molecule has 18 heavy (non-hydrogen) atoms. The number of pyridine rings is 1. The first-order valence-corrected chi connectivity index (χ1v) is 5.68. The van der Waals surface area contributed by atoms with Gasteiger partial charge in [0.25, 0.3) is 0 Å². The highest BCUT2D eigenvalue weighted by atomic mass is 19.1. The van der Waals surface area contributed by atoms with Gasteiger partial charge in [-0.15, -0.1) is 0 Å². The molecule has 0 atom stereocenters. The number of benzene rings is 1. The molecule has 0 saturated heterocycles. The molecular weight excluding hydrogens is 231 g/mol. The van der Waals surface area contributed by atoms with E-state index >= 15 is 0 Å². The molecule has 0 fully saturated rings. The smallest absolute Gasteiger partial charge is 0.146 e. The number of rotatable bonds is 4. The van der Waals surface area contributed by atoms with E-state index in [0.29, 0.717) is 18.0 Å². The van der Waals surface area contributed by atoms with Crippen molar-refractivity contribution in [1.29, 1.82) is 0 Å². The number of aromatic nitrogens is 1. The van der Waals surface area contributed by atoms with Crippen LogP contribution in [0.3, 0.4) is 0 Å². The Balaban J connectivity index is 2.13. The van der Waals surface area contributed by atoms with E-state index in [0.717, 1.165) is 11.3 Å². The quantitative estimate of drug-likeness (QED) is 0.899. The second kappa shape index (κ2) is 5.49. The van der Waals surface area contributed by atoms with Crippen molar-refractivity contribution in [3.05, 3.63) is 53.6 Å². The lowest BCUT2D eigenvalue weighted by atomic mass is 10.2. The van der Waals surface area contributed by atoms with Gasteiger partial charge in [0.1, 0.15) is 11.6 Å². The first kappa shape index (κ1) is 12.4. The minimum atomic E-state index is -0.294. The van der Waals surface area contributed by atoms with Crippen molar-refractivity contribution in [2.24, 2.45) is 0 Å². The van der Waals surface area contributed by atoms with Gasteiger partial charge >= 0.3 is 0 Å². The van der Waals surface area contributed by atoms with Crippen LogP contribution in [0.5, 0.6) is 5.75 Å². The van der Waals surface area contributed by atoms with Gasteiger partial charge in [-0.2, -0.15) is 0 Å². The molecule has 3 nitrogen and oxygen atoms in total. The fourth-order valence-electron chi connectivity index (χ4n) is 1.66. The summed E-state index contributed by atoms with van der Waals surface area (Å²) < 4.78 is 18.6. The maximum atomic E-state index is 13.6. The van der Waals surface area contributed by atoms with Crippen LogP contribution < -0.4 is 10.1 Å². The van der Waals surface area contributed by atoms with Crippen LogP contribution in [-0.2, 0) is 6.54 Å². The van der Waals surface area contributed by atoms with E-state index in [4.69, 9.17) is 4.74 Å². The van der Waals surface area contributed by atoms with Crippen LogP contribution in [0.25, 0.3) is 0 Å². The molecule has 0 bridgehead atoms. The molecule has 94 valence electrons. The third-order valence-corrected chi connectivity index (χ3v) is 2.76. The summed E-state index contributed by atoms with van der Waals surface area (Å²) in [7, 11) is 1.56. The molecule has 0 aliphatic carbocycles. The Morgan fingerprint density at radius 1 is 1.33 bits per heavy atom. The molecule has 4 heteroatoms. The highest BCUT2D eigenvalue weighted by molar-refractivity contribution is 5.50. The first-order valence-electron chi connectivity index (χ1n) is 5.68. The summed E-state index contributed by atoms with van der Waals surface area (Å²) >= 11 is 0. The lowest BCUT2D eigenvalue weighted by Crippen LogP contribution is -2.04. The van der Waals surface area contributed by atoms with Gasteiger partial charge in [0.2, 0.25) is 0 Å².